The molecule has 3 aromatic carbocycles. The molecule has 5 saturated heterocycles. The second-order valence-corrected chi connectivity index (χ2v) is 20.3. The summed E-state index contributed by atoms with van der Waals surface area (Å²) in [4.78, 5) is 66.9. The number of alkyl halides is 1. The number of nitrogens with zero attached hydrogens (tertiary/aromatic N) is 6. The van der Waals surface area contributed by atoms with E-state index in [1.54, 1.807) is 17.2 Å². The zero-order chi connectivity index (χ0) is 46.4. The maximum absolute atomic E-state index is 15.7. The highest BCUT2D eigenvalue weighted by atomic mass is 32.2. The van der Waals surface area contributed by atoms with E-state index < -0.39 is 58.3 Å². The fraction of sp³-hybridized carbons (Fsp3) is 0.396. The third-order valence-electron chi connectivity index (χ3n) is 14.4. The molecule has 348 valence electrons. The predicted molar refractivity (Wildman–Crippen MR) is 244 cm³/mol. The number of fused-ring (bicyclic) bond motifs is 2. The summed E-state index contributed by atoms with van der Waals surface area (Å²) in [6, 6.07) is 16.9. The molecule has 0 aliphatic carbocycles. The summed E-state index contributed by atoms with van der Waals surface area (Å²) in [7, 11) is 0. The SMILES string of the molecule is O=C1CCC(N2Cc3cc(N4CCC(O)(CN5CC6(C5)CN(c5ccc(-c7cnc8[nH]cc(C(=O)c9c(F)ccc(N[S+]([O-])N%10CCC(F)C%10)c9F)c8c7)cc5)C6)CC4)ccc3C2=O)C(=O)N1. The standard InChI is InChI=1S/C48H48F3N9O6S/c49-31-11-14-59(22-31)67(66)55-38-8-7-37(50)41(42(38)51)43(62)36-20-53-44-35(36)18-29(19-52-44)28-1-3-32(4-2-28)58-25-47(26-58)23-56(24-47)27-48(65)12-15-57(16-13-48)33-5-6-34-30(17-33)21-60(46(34)64)39-9-10-40(61)54-45(39)63/h1-8,17-20,31,39,55,65H,9-16,21-27H2,(H,52,53)(H,54,61,63). The molecular formula is C48H48F3N9O6S. The van der Waals surface area contributed by atoms with Gasteiger partial charge in [0.1, 0.15) is 29.4 Å². The highest BCUT2D eigenvalue weighted by molar-refractivity contribution is 7.90. The van der Waals surface area contributed by atoms with Gasteiger partial charge >= 0.3 is 0 Å². The molecule has 0 radical (unpaired) electrons. The molecule has 4 N–H and O–H groups in total. The normalized spacial score (nSPS) is 23.1. The van der Waals surface area contributed by atoms with Crippen molar-refractivity contribution in [1.82, 2.24) is 29.4 Å². The Morgan fingerprint density at radius 3 is 2.42 bits per heavy atom. The molecule has 2 aromatic heterocycles. The van der Waals surface area contributed by atoms with E-state index in [0.29, 0.717) is 67.6 Å². The molecule has 3 atom stereocenters. The zero-order valence-corrected chi connectivity index (χ0v) is 37.2. The van der Waals surface area contributed by atoms with Crippen LogP contribution in [-0.4, -0.2) is 134 Å². The number of nitrogens with one attached hydrogen (secondary N) is 3. The number of β-amino-alcohol motifs (C(OH)–C–C–N with tert-alkyl or cyclic N) is 1. The van der Waals surface area contributed by atoms with Gasteiger partial charge in [0.25, 0.3) is 5.91 Å². The Labute approximate surface area is 386 Å². The number of aromatic amines is 1. The number of piperidine rings is 2. The molecule has 5 aromatic rings. The molecule has 1 spiro atoms. The van der Waals surface area contributed by atoms with E-state index in [1.807, 2.05) is 42.5 Å². The first kappa shape index (κ1) is 43.6. The van der Waals surface area contributed by atoms with Gasteiger partial charge in [0.05, 0.1) is 17.7 Å². The van der Waals surface area contributed by atoms with E-state index in [-0.39, 0.29) is 54.4 Å². The molecule has 11 rings (SSSR count). The lowest BCUT2D eigenvalue weighted by atomic mass is 9.71. The number of carbonyl (C=O) groups is 4. The monoisotopic (exact) mass is 935 g/mol. The molecule has 67 heavy (non-hydrogen) atoms. The third-order valence-corrected chi connectivity index (χ3v) is 15.6. The number of amides is 3. The van der Waals surface area contributed by atoms with Crippen molar-refractivity contribution in [1.29, 1.82) is 0 Å². The number of likely N-dealkylation sites (tertiary alicyclic amines) is 1. The van der Waals surface area contributed by atoms with Gasteiger partial charge in [-0.25, -0.2) is 18.2 Å². The predicted octanol–water partition coefficient (Wildman–Crippen LogP) is 4.69. The van der Waals surface area contributed by atoms with E-state index in [2.05, 4.69) is 34.7 Å². The zero-order valence-electron chi connectivity index (χ0n) is 36.4. The van der Waals surface area contributed by atoms with E-state index in [9.17, 15) is 33.2 Å². The van der Waals surface area contributed by atoms with Crippen LogP contribution in [0.4, 0.5) is 30.2 Å². The number of pyridine rings is 1. The number of benzene rings is 3. The number of hydrogen-bond donors (Lipinski definition) is 4. The van der Waals surface area contributed by atoms with E-state index in [0.717, 1.165) is 60.8 Å². The van der Waals surface area contributed by atoms with E-state index in [1.165, 1.54) is 10.5 Å². The molecular weight excluding hydrogens is 888 g/mol. The van der Waals surface area contributed by atoms with Gasteiger partial charge in [0.15, 0.2) is 17.4 Å². The fourth-order valence-corrected chi connectivity index (χ4v) is 11.9. The topological polar surface area (TPSA) is 181 Å². The summed E-state index contributed by atoms with van der Waals surface area (Å²) in [5.74, 6) is -4.11. The van der Waals surface area contributed by atoms with Crippen LogP contribution >= 0.6 is 0 Å². The summed E-state index contributed by atoms with van der Waals surface area (Å²) >= 11 is -1.98. The average molecular weight is 936 g/mol. The van der Waals surface area contributed by atoms with Gasteiger partial charge in [-0.3, -0.25) is 29.4 Å². The van der Waals surface area contributed by atoms with Crippen LogP contribution < -0.4 is 19.8 Å². The van der Waals surface area contributed by atoms with Crippen LogP contribution in [0.1, 0.15) is 63.9 Å². The molecule has 5 fully saturated rings. The molecule has 15 nitrogen and oxygen atoms in total. The second kappa shape index (κ2) is 16.7. The van der Waals surface area contributed by atoms with Crippen molar-refractivity contribution in [3.8, 4) is 11.1 Å². The number of anilines is 3. The van der Waals surface area contributed by atoms with Crippen LogP contribution in [0.25, 0.3) is 22.2 Å². The van der Waals surface area contributed by atoms with Crippen molar-refractivity contribution in [3.05, 3.63) is 107 Å². The van der Waals surface area contributed by atoms with Crippen LogP contribution in [0.2, 0.25) is 0 Å². The Morgan fingerprint density at radius 1 is 0.925 bits per heavy atom. The van der Waals surface area contributed by atoms with Crippen molar-refractivity contribution in [2.75, 3.05) is 73.4 Å². The van der Waals surface area contributed by atoms with Crippen molar-refractivity contribution >= 4 is 63.1 Å². The van der Waals surface area contributed by atoms with Crippen LogP contribution in [0, 0.1) is 17.0 Å². The fourth-order valence-electron chi connectivity index (χ4n) is 10.9. The molecule has 6 aliphatic rings. The molecule has 8 heterocycles. The number of rotatable bonds is 11. The number of halogens is 3. The second-order valence-electron chi connectivity index (χ2n) is 19.1. The first-order chi connectivity index (χ1) is 32.2. The Bertz CT molecular complexity index is 2830. The van der Waals surface area contributed by atoms with Gasteiger partial charge in [-0.05, 0) is 85.3 Å². The van der Waals surface area contributed by atoms with Gasteiger partial charge in [0.2, 0.25) is 17.6 Å². The van der Waals surface area contributed by atoms with Crippen LogP contribution in [0.3, 0.4) is 0 Å². The minimum atomic E-state index is -1.98. The minimum absolute atomic E-state index is 0.0206. The molecule has 3 amide bonds. The lowest BCUT2D eigenvalue weighted by molar-refractivity contribution is -0.136. The smallest absolute Gasteiger partial charge is 0.255 e. The van der Waals surface area contributed by atoms with E-state index in [4.69, 9.17) is 0 Å². The summed E-state index contributed by atoms with van der Waals surface area (Å²) < 4.78 is 61.0. The Kier molecular flexibility index (Phi) is 10.8. The van der Waals surface area contributed by atoms with Gasteiger partial charge in [0, 0.05) is 117 Å². The first-order valence-electron chi connectivity index (χ1n) is 22.6. The summed E-state index contributed by atoms with van der Waals surface area (Å²) in [5.41, 5.74) is 3.67. The van der Waals surface area contributed by atoms with Crippen molar-refractivity contribution in [3.63, 3.8) is 0 Å². The number of ketones is 1. The van der Waals surface area contributed by atoms with Gasteiger partial charge < -0.3 is 29.3 Å². The number of aliphatic hydroxyl groups is 1. The van der Waals surface area contributed by atoms with E-state index >= 15 is 8.78 Å². The lowest BCUT2D eigenvalue weighted by Crippen LogP contribution is -2.73. The number of carbonyl (C=O) groups excluding carboxylic acids is 4. The quantitative estimate of drug-likeness (QED) is 0.0818. The van der Waals surface area contributed by atoms with Crippen LogP contribution in [0.5, 0.6) is 0 Å². The molecule has 6 aliphatic heterocycles. The highest BCUT2D eigenvalue weighted by Gasteiger charge is 2.53. The molecule has 19 heteroatoms. The third kappa shape index (κ3) is 7.99. The van der Waals surface area contributed by atoms with Crippen molar-refractivity contribution in [2.45, 2.75) is 56.5 Å². The Balaban J connectivity index is 0.674. The number of imide groups is 1. The molecule has 3 unspecified atom stereocenters. The van der Waals surface area contributed by atoms with Crippen molar-refractivity contribution in [2.24, 2.45) is 5.41 Å². The largest absolute Gasteiger partial charge is 0.573 e. The van der Waals surface area contributed by atoms with Gasteiger partial charge in [-0.1, -0.05) is 12.1 Å². The summed E-state index contributed by atoms with van der Waals surface area (Å²) in [5, 5.41) is 14.4. The lowest BCUT2D eigenvalue weighted by Gasteiger charge is -2.62. The minimum Gasteiger partial charge on any atom is -0.573 e. The maximum Gasteiger partial charge on any atom is 0.255 e. The van der Waals surface area contributed by atoms with Gasteiger partial charge in [-0.2, -0.15) is 4.72 Å². The highest BCUT2D eigenvalue weighted by Crippen LogP contribution is 2.44. The van der Waals surface area contributed by atoms with Gasteiger partial charge in [-0.15, -0.1) is 4.31 Å². The van der Waals surface area contributed by atoms with Crippen molar-refractivity contribution < 1.29 is 42.0 Å². The van der Waals surface area contributed by atoms with Crippen LogP contribution in [0.15, 0.2) is 73.1 Å². The van der Waals surface area contributed by atoms with Crippen LogP contribution in [-0.2, 0) is 27.7 Å². The maximum atomic E-state index is 15.7. The molecule has 0 saturated carbocycles. The molecule has 0 bridgehead atoms. The summed E-state index contributed by atoms with van der Waals surface area (Å²) in [6.45, 7) is 6.04. The average Bonchev–Trinajstić information content (AvgIpc) is 4.01. The number of H-pyrrole nitrogens is 1. The number of aromatic nitrogens is 2. The Hall–Kier alpha value is -5.99. The number of hydrogen-bond acceptors (Lipinski definition) is 12. The Morgan fingerprint density at radius 2 is 1.69 bits per heavy atom. The summed E-state index contributed by atoms with van der Waals surface area (Å²) in [6.07, 6.45) is 3.86. The first-order valence-corrected chi connectivity index (χ1v) is 23.7.